The van der Waals surface area contributed by atoms with E-state index in [2.05, 4.69) is 21.3 Å². The number of hydrogen-bond acceptors (Lipinski definition) is 7. The van der Waals surface area contributed by atoms with Crippen molar-refractivity contribution in [2.45, 2.75) is 38.4 Å². The SMILES string of the molecule is CC(C)(O)C1CN(c2cc(Nc3cc(OC4CCc5cc(C#N)ccc54)ccc3C=N)ccn2)C1. The van der Waals surface area contributed by atoms with Crippen molar-refractivity contribution in [2.75, 3.05) is 23.3 Å². The first-order valence-electron chi connectivity index (χ1n) is 11.9. The lowest BCUT2D eigenvalue weighted by Crippen LogP contribution is -2.56. The number of aryl methyl sites for hydroxylation is 1. The normalized spacial score (nSPS) is 17.3. The molecule has 3 aromatic rings. The van der Waals surface area contributed by atoms with Gasteiger partial charge in [0.05, 0.1) is 22.9 Å². The second kappa shape index (κ2) is 9.05. The minimum absolute atomic E-state index is 0.0564. The molecule has 1 aliphatic heterocycles. The van der Waals surface area contributed by atoms with Crippen molar-refractivity contribution < 1.29 is 9.84 Å². The molecule has 35 heavy (non-hydrogen) atoms. The number of aliphatic hydroxyl groups is 1. The van der Waals surface area contributed by atoms with Crippen LogP contribution >= 0.6 is 0 Å². The molecule has 0 bridgehead atoms. The molecule has 1 aliphatic carbocycles. The Morgan fingerprint density at radius 1 is 1.20 bits per heavy atom. The van der Waals surface area contributed by atoms with Crippen LogP contribution in [-0.2, 0) is 6.42 Å². The molecular formula is C28H29N5O2. The number of aromatic nitrogens is 1. The number of benzene rings is 2. The van der Waals surface area contributed by atoms with E-state index < -0.39 is 5.60 Å². The smallest absolute Gasteiger partial charge is 0.130 e. The van der Waals surface area contributed by atoms with Crippen LogP contribution in [0.4, 0.5) is 17.2 Å². The van der Waals surface area contributed by atoms with Gasteiger partial charge >= 0.3 is 0 Å². The maximum atomic E-state index is 10.2. The first-order chi connectivity index (χ1) is 16.8. The van der Waals surface area contributed by atoms with E-state index in [-0.39, 0.29) is 12.0 Å². The predicted octanol–water partition coefficient (Wildman–Crippen LogP) is 4.97. The molecule has 1 aromatic heterocycles. The molecule has 1 unspecified atom stereocenters. The average molecular weight is 468 g/mol. The van der Waals surface area contributed by atoms with Crippen LogP contribution in [0, 0.1) is 22.7 Å². The monoisotopic (exact) mass is 467 g/mol. The number of anilines is 3. The van der Waals surface area contributed by atoms with E-state index in [0.29, 0.717) is 5.56 Å². The molecule has 0 radical (unpaired) electrons. The molecule has 2 aromatic carbocycles. The zero-order valence-corrected chi connectivity index (χ0v) is 20.0. The van der Waals surface area contributed by atoms with Gasteiger partial charge in [0.15, 0.2) is 0 Å². The molecule has 1 fully saturated rings. The quantitative estimate of drug-likeness (QED) is 0.424. The summed E-state index contributed by atoms with van der Waals surface area (Å²) in [6.07, 6.45) is 4.80. The van der Waals surface area contributed by atoms with Crippen molar-refractivity contribution in [3.8, 4) is 11.8 Å². The Balaban J connectivity index is 1.32. The topological polar surface area (TPSA) is 105 Å². The highest BCUT2D eigenvalue weighted by Gasteiger charge is 2.38. The fourth-order valence-corrected chi connectivity index (χ4v) is 4.71. The molecular weight excluding hydrogens is 438 g/mol. The molecule has 2 heterocycles. The van der Waals surface area contributed by atoms with Gasteiger partial charge in [-0.15, -0.1) is 0 Å². The lowest BCUT2D eigenvalue weighted by Gasteiger charge is -2.45. The first kappa shape index (κ1) is 22.9. The number of rotatable bonds is 7. The van der Waals surface area contributed by atoms with Crippen molar-refractivity contribution in [1.29, 1.82) is 10.7 Å². The van der Waals surface area contributed by atoms with Gasteiger partial charge < -0.3 is 25.5 Å². The van der Waals surface area contributed by atoms with Crippen molar-refractivity contribution in [1.82, 2.24) is 4.98 Å². The van der Waals surface area contributed by atoms with E-state index in [1.54, 1.807) is 6.20 Å². The summed E-state index contributed by atoms with van der Waals surface area (Å²) in [5.74, 6) is 1.82. The predicted molar refractivity (Wildman–Crippen MR) is 137 cm³/mol. The Kier molecular flexibility index (Phi) is 5.91. The number of nitrogens with zero attached hydrogens (tertiary/aromatic N) is 3. The zero-order chi connectivity index (χ0) is 24.6. The maximum absolute atomic E-state index is 10.2. The lowest BCUT2D eigenvalue weighted by atomic mass is 9.84. The summed E-state index contributed by atoms with van der Waals surface area (Å²) >= 11 is 0. The number of ether oxygens (including phenoxy) is 1. The van der Waals surface area contributed by atoms with Gasteiger partial charge in [-0.2, -0.15) is 5.26 Å². The molecule has 3 N–H and O–H groups in total. The number of nitriles is 1. The van der Waals surface area contributed by atoms with Gasteiger partial charge in [0.2, 0.25) is 0 Å². The van der Waals surface area contributed by atoms with Crippen LogP contribution in [0.25, 0.3) is 0 Å². The van der Waals surface area contributed by atoms with Crippen LogP contribution in [0.5, 0.6) is 5.75 Å². The van der Waals surface area contributed by atoms with Crippen LogP contribution in [0.1, 0.15) is 48.6 Å². The number of nitrogens with one attached hydrogen (secondary N) is 2. The zero-order valence-electron chi connectivity index (χ0n) is 20.0. The van der Waals surface area contributed by atoms with Crippen LogP contribution in [0.15, 0.2) is 54.7 Å². The van der Waals surface area contributed by atoms with Crippen molar-refractivity contribution in [3.63, 3.8) is 0 Å². The van der Waals surface area contributed by atoms with Gasteiger partial charge in [0.1, 0.15) is 17.7 Å². The van der Waals surface area contributed by atoms with E-state index in [4.69, 9.17) is 15.4 Å². The lowest BCUT2D eigenvalue weighted by molar-refractivity contribution is 0.00439. The van der Waals surface area contributed by atoms with E-state index in [0.717, 1.165) is 60.0 Å². The molecule has 2 aliphatic rings. The summed E-state index contributed by atoms with van der Waals surface area (Å²) < 4.78 is 6.34. The molecule has 7 nitrogen and oxygen atoms in total. The summed E-state index contributed by atoms with van der Waals surface area (Å²) in [4.78, 5) is 6.65. The van der Waals surface area contributed by atoms with Gasteiger partial charge in [-0.25, -0.2) is 4.98 Å². The third-order valence-electron chi connectivity index (χ3n) is 6.98. The molecule has 178 valence electrons. The van der Waals surface area contributed by atoms with Crippen LogP contribution in [0.3, 0.4) is 0 Å². The molecule has 7 heteroatoms. The Morgan fingerprint density at radius 3 is 2.77 bits per heavy atom. The van der Waals surface area contributed by atoms with Gasteiger partial charge in [-0.05, 0) is 68.1 Å². The molecule has 0 amide bonds. The molecule has 0 spiro atoms. The number of pyridine rings is 1. The Morgan fingerprint density at radius 2 is 2.03 bits per heavy atom. The van der Waals surface area contributed by atoms with Crippen LogP contribution in [-0.4, -0.2) is 35.0 Å². The highest BCUT2D eigenvalue weighted by molar-refractivity contribution is 5.88. The first-order valence-corrected chi connectivity index (χ1v) is 11.9. The van der Waals surface area contributed by atoms with E-state index in [1.807, 2.05) is 62.4 Å². The van der Waals surface area contributed by atoms with Gasteiger partial charge in [-0.3, -0.25) is 0 Å². The highest BCUT2D eigenvalue weighted by atomic mass is 16.5. The van der Waals surface area contributed by atoms with E-state index in [1.165, 1.54) is 11.8 Å². The minimum atomic E-state index is -0.691. The van der Waals surface area contributed by atoms with E-state index >= 15 is 0 Å². The van der Waals surface area contributed by atoms with Gasteiger partial charge in [-0.1, -0.05) is 6.07 Å². The molecule has 5 rings (SSSR count). The summed E-state index contributed by atoms with van der Waals surface area (Å²) in [5.41, 5.74) is 4.70. The summed E-state index contributed by atoms with van der Waals surface area (Å²) in [6.45, 7) is 5.24. The Hall–Kier alpha value is -3.89. The third-order valence-corrected chi connectivity index (χ3v) is 6.98. The Bertz CT molecular complexity index is 1300. The number of fused-ring (bicyclic) bond motifs is 1. The van der Waals surface area contributed by atoms with Crippen molar-refractivity contribution in [3.05, 3.63) is 77.0 Å². The third kappa shape index (κ3) is 4.71. The number of hydrogen-bond donors (Lipinski definition) is 3. The van der Waals surface area contributed by atoms with E-state index in [9.17, 15) is 5.11 Å². The minimum Gasteiger partial charge on any atom is -0.486 e. The summed E-state index contributed by atoms with van der Waals surface area (Å²) in [7, 11) is 0. The fourth-order valence-electron chi connectivity index (χ4n) is 4.71. The standard InChI is InChI=1S/C28H29N5O2/c1-28(2,34)21-16-33(17-21)27-12-22(9-10-31-27)32-25-13-23(6-4-20(25)15-30)35-26-8-5-19-11-18(14-29)3-7-24(19)26/h3-4,6-7,9-13,15,21,26,30,34H,5,8,16-17H2,1-2H3,(H,31,32). The van der Waals surface area contributed by atoms with Crippen molar-refractivity contribution in [2.24, 2.45) is 5.92 Å². The largest absolute Gasteiger partial charge is 0.486 e. The second-order valence-corrected chi connectivity index (χ2v) is 9.85. The van der Waals surface area contributed by atoms with Crippen LogP contribution < -0.4 is 15.0 Å². The average Bonchev–Trinajstić information content (AvgIpc) is 3.19. The van der Waals surface area contributed by atoms with Crippen LogP contribution in [0.2, 0.25) is 0 Å². The molecule has 0 saturated carbocycles. The molecule has 1 atom stereocenters. The fraction of sp³-hybridized carbons (Fsp3) is 0.321. The van der Waals surface area contributed by atoms with Gasteiger partial charge in [0, 0.05) is 54.8 Å². The summed E-state index contributed by atoms with van der Waals surface area (Å²) in [5, 5.41) is 30.6. The summed E-state index contributed by atoms with van der Waals surface area (Å²) in [6, 6.07) is 17.6. The maximum Gasteiger partial charge on any atom is 0.130 e. The Labute approximate surface area is 205 Å². The highest BCUT2D eigenvalue weighted by Crippen LogP contribution is 2.37. The van der Waals surface area contributed by atoms with Crippen molar-refractivity contribution >= 4 is 23.4 Å². The second-order valence-electron chi connectivity index (χ2n) is 9.85. The molecule has 1 saturated heterocycles. The van der Waals surface area contributed by atoms with Gasteiger partial charge in [0.25, 0.3) is 0 Å².